The highest BCUT2D eigenvalue weighted by Gasteiger charge is 2.20. The Hall–Kier alpha value is -1.63. The molecule has 0 radical (unpaired) electrons. The Kier molecular flexibility index (Phi) is 3.14. The number of fused-ring (bicyclic) bond motifs is 2. The lowest BCUT2D eigenvalue weighted by atomic mass is 9.94. The number of hydrogen-bond donors (Lipinski definition) is 0. The van der Waals surface area contributed by atoms with E-state index in [1.165, 1.54) is 5.56 Å². The second-order valence-corrected chi connectivity index (χ2v) is 5.44. The number of aromatic nitrogens is 1. The first-order valence-electron chi connectivity index (χ1n) is 6.34. The van der Waals surface area contributed by atoms with Crippen molar-refractivity contribution in [2.45, 2.75) is 19.4 Å². The molecule has 0 unspecified atom stereocenters. The van der Waals surface area contributed by atoms with Crippen molar-refractivity contribution in [3.63, 3.8) is 0 Å². The highest BCUT2D eigenvalue weighted by Crippen LogP contribution is 2.29. The van der Waals surface area contributed by atoms with Crippen LogP contribution in [0.2, 0.25) is 5.02 Å². The monoisotopic (exact) mass is 271 g/mol. The Morgan fingerprint density at radius 2 is 2.32 bits per heavy atom. The normalized spacial score (nSPS) is 15.2. The van der Waals surface area contributed by atoms with E-state index in [-0.39, 0.29) is 0 Å². The number of pyridine rings is 1. The molecule has 0 aliphatic carbocycles. The zero-order valence-corrected chi connectivity index (χ0v) is 11.5. The van der Waals surface area contributed by atoms with E-state index in [9.17, 15) is 0 Å². The smallest absolute Gasteiger partial charge is 0.0709 e. The third-order valence-electron chi connectivity index (χ3n) is 3.67. The van der Waals surface area contributed by atoms with E-state index in [0.717, 1.165) is 41.7 Å². The summed E-state index contributed by atoms with van der Waals surface area (Å²) in [5.74, 6) is 0. The molecule has 3 rings (SSSR count). The molecule has 96 valence electrons. The average molecular weight is 272 g/mol. The zero-order valence-electron chi connectivity index (χ0n) is 10.8. The Morgan fingerprint density at radius 3 is 3.11 bits per heavy atom. The molecule has 1 aliphatic rings. The summed E-state index contributed by atoms with van der Waals surface area (Å²) in [5.41, 5.74) is 4.39. The third-order valence-corrected chi connectivity index (χ3v) is 3.90. The predicted octanol–water partition coefficient (Wildman–Crippen LogP) is 2.94. The Balaban J connectivity index is 2.31. The largest absolute Gasteiger partial charge is 0.302 e. The molecule has 0 amide bonds. The fraction of sp³-hybridized carbons (Fsp3) is 0.333. The van der Waals surface area contributed by atoms with Crippen LogP contribution in [0.25, 0.3) is 10.9 Å². The van der Waals surface area contributed by atoms with Gasteiger partial charge >= 0.3 is 0 Å². The maximum atomic E-state index is 9.10. The molecular weight excluding hydrogens is 258 g/mol. The van der Waals surface area contributed by atoms with Crippen LogP contribution in [0.5, 0.6) is 0 Å². The van der Waals surface area contributed by atoms with Crippen LogP contribution >= 0.6 is 11.6 Å². The molecule has 4 heteroatoms. The molecule has 0 bridgehead atoms. The number of nitrogens with zero attached hydrogens (tertiary/aromatic N) is 3. The van der Waals surface area contributed by atoms with Crippen LogP contribution in [0.15, 0.2) is 18.2 Å². The number of halogens is 1. The van der Waals surface area contributed by atoms with Crippen molar-refractivity contribution in [1.29, 1.82) is 5.26 Å². The van der Waals surface area contributed by atoms with Gasteiger partial charge in [0, 0.05) is 35.6 Å². The second-order valence-electron chi connectivity index (χ2n) is 5.00. The summed E-state index contributed by atoms with van der Waals surface area (Å²) in [7, 11) is 2.10. The minimum absolute atomic E-state index is 0.412. The van der Waals surface area contributed by atoms with Crippen molar-refractivity contribution < 1.29 is 0 Å². The van der Waals surface area contributed by atoms with Crippen molar-refractivity contribution >= 4 is 22.5 Å². The van der Waals surface area contributed by atoms with E-state index < -0.39 is 0 Å². The molecule has 0 atom stereocenters. The highest BCUT2D eigenvalue weighted by molar-refractivity contribution is 6.31. The average Bonchev–Trinajstić information content (AvgIpc) is 2.40. The molecule has 0 N–H and O–H groups in total. The van der Waals surface area contributed by atoms with Gasteiger partial charge in [0.2, 0.25) is 0 Å². The van der Waals surface area contributed by atoms with Gasteiger partial charge in [0.15, 0.2) is 0 Å². The summed E-state index contributed by atoms with van der Waals surface area (Å²) in [5, 5.41) is 10.8. The topological polar surface area (TPSA) is 39.9 Å². The molecule has 0 saturated heterocycles. The molecular formula is C15H14ClN3. The van der Waals surface area contributed by atoms with Gasteiger partial charge in [0.05, 0.1) is 18.0 Å². The first-order chi connectivity index (χ1) is 9.19. The number of rotatable bonds is 1. The van der Waals surface area contributed by atoms with E-state index in [4.69, 9.17) is 21.8 Å². The van der Waals surface area contributed by atoms with Gasteiger partial charge < -0.3 is 4.90 Å². The molecule has 2 aromatic rings. The van der Waals surface area contributed by atoms with E-state index in [1.54, 1.807) is 0 Å². The van der Waals surface area contributed by atoms with Gasteiger partial charge in [-0.2, -0.15) is 5.26 Å². The molecule has 1 aromatic heterocycles. The number of hydrogen-bond acceptors (Lipinski definition) is 3. The van der Waals surface area contributed by atoms with Crippen molar-refractivity contribution in [3.05, 3.63) is 40.0 Å². The molecule has 0 saturated carbocycles. The Bertz CT molecular complexity index is 688. The Morgan fingerprint density at radius 1 is 1.47 bits per heavy atom. The number of benzene rings is 1. The molecule has 2 heterocycles. The van der Waals surface area contributed by atoms with Crippen LogP contribution in [-0.4, -0.2) is 23.5 Å². The summed E-state index contributed by atoms with van der Waals surface area (Å²) in [6.45, 7) is 1.88. The van der Waals surface area contributed by atoms with Crippen molar-refractivity contribution in [1.82, 2.24) is 9.88 Å². The molecule has 1 aliphatic heterocycles. The molecule has 19 heavy (non-hydrogen) atoms. The first kappa shape index (κ1) is 12.4. The molecule has 3 nitrogen and oxygen atoms in total. The van der Waals surface area contributed by atoms with E-state index in [2.05, 4.69) is 18.0 Å². The third kappa shape index (κ3) is 2.18. The summed E-state index contributed by atoms with van der Waals surface area (Å²) in [4.78, 5) is 7.00. The van der Waals surface area contributed by atoms with E-state index >= 15 is 0 Å². The van der Waals surface area contributed by atoms with Crippen LogP contribution in [-0.2, 0) is 19.4 Å². The number of likely N-dealkylation sites (N-methyl/N-ethyl adjacent to an activating group) is 1. The van der Waals surface area contributed by atoms with Gasteiger partial charge in [-0.05, 0) is 36.4 Å². The fourth-order valence-corrected chi connectivity index (χ4v) is 2.89. The van der Waals surface area contributed by atoms with Crippen LogP contribution in [0.4, 0.5) is 0 Å². The van der Waals surface area contributed by atoms with Gasteiger partial charge in [-0.3, -0.25) is 4.98 Å². The van der Waals surface area contributed by atoms with E-state index in [1.807, 2.05) is 18.2 Å². The quantitative estimate of drug-likeness (QED) is 0.801. The van der Waals surface area contributed by atoms with Gasteiger partial charge in [-0.15, -0.1) is 0 Å². The van der Waals surface area contributed by atoms with Crippen LogP contribution in [0.1, 0.15) is 16.8 Å². The minimum atomic E-state index is 0.412. The maximum Gasteiger partial charge on any atom is 0.0709 e. The summed E-state index contributed by atoms with van der Waals surface area (Å²) in [6.07, 6.45) is 1.36. The van der Waals surface area contributed by atoms with Gasteiger partial charge in [0.1, 0.15) is 0 Å². The Labute approximate surface area is 117 Å². The van der Waals surface area contributed by atoms with Crippen LogP contribution in [0.3, 0.4) is 0 Å². The maximum absolute atomic E-state index is 9.10. The van der Waals surface area contributed by atoms with Crippen LogP contribution < -0.4 is 0 Å². The van der Waals surface area contributed by atoms with Gasteiger partial charge in [-0.1, -0.05) is 11.6 Å². The standard InChI is InChI=1S/C15H14ClN3/c1-19-7-5-15-13(9-19)11(4-6-17)12-8-10(16)2-3-14(12)18-15/h2-3,8H,4-5,7,9H2,1H3. The SMILES string of the molecule is CN1CCc2nc3ccc(Cl)cc3c(CC#N)c2C1. The fourth-order valence-electron chi connectivity index (χ4n) is 2.72. The molecule has 0 spiro atoms. The lowest BCUT2D eigenvalue weighted by Crippen LogP contribution is -2.28. The molecule has 1 aromatic carbocycles. The summed E-state index contributed by atoms with van der Waals surface area (Å²) < 4.78 is 0. The van der Waals surface area contributed by atoms with Crippen LogP contribution in [0, 0.1) is 11.3 Å². The van der Waals surface area contributed by atoms with Gasteiger partial charge in [0.25, 0.3) is 0 Å². The van der Waals surface area contributed by atoms with Crippen molar-refractivity contribution in [3.8, 4) is 6.07 Å². The molecule has 0 fully saturated rings. The lowest BCUT2D eigenvalue weighted by Gasteiger charge is -2.26. The van der Waals surface area contributed by atoms with Crippen molar-refractivity contribution in [2.24, 2.45) is 0 Å². The predicted molar refractivity (Wildman–Crippen MR) is 76.1 cm³/mol. The minimum Gasteiger partial charge on any atom is -0.302 e. The first-order valence-corrected chi connectivity index (χ1v) is 6.72. The lowest BCUT2D eigenvalue weighted by molar-refractivity contribution is 0.309. The number of nitriles is 1. The zero-order chi connectivity index (χ0) is 13.4. The second kappa shape index (κ2) is 4.80. The van der Waals surface area contributed by atoms with E-state index in [0.29, 0.717) is 11.4 Å². The van der Waals surface area contributed by atoms with Gasteiger partial charge in [-0.25, -0.2) is 0 Å². The van der Waals surface area contributed by atoms with Crippen molar-refractivity contribution in [2.75, 3.05) is 13.6 Å². The summed E-state index contributed by atoms with van der Waals surface area (Å²) in [6, 6.07) is 7.99. The summed E-state index contributed by atoms with van der Waals surface area (Å²) >= 11 is 6.08. The highest BCUT2D eigenvalue weighted by atomic mass is 35.5.